The summed E-state index contributed by atoms with van der Waals surface area (Å²) in [7, 11) is 2.20. The molecule has 2 heteroatoms. The third kappa shape index (κ3) is 4.19. The molecule has 1 aliphatic rings. The predicted octanol–water partition coefficient (Wildman–Crippen LogP) is 3.84. The highest BCUT2D eigenvalue weighted by Gasteiger charge is 2.22. The zero-order chi connectivity index (χ0) is 15.9. The Bertz CT molecular complexity index is 534. The van der Waals surface area contributed by atoms with Gasteiger partial charge in [-0.1, -0.05) is 55.1 Å². The standard InChI is InChI=1S/C20H28N2/c1-5-6-12-20(17(2)19-10-8-7-9-11-19)18(3)22-15-13-21(4)14-16-22/h5-12,18H,1,13-16H2,2-4H3/b12-6-,20-17-. The van der Waals surface area contributed by atoms with E-state index in [2.05, 4.69) is 73.7 Å². The maximum absolute atomic E-state index is 3.82. The molecule has 0 N–H and O–H groups in total. The quantitative estimate of drug-likeness (QED) is 0.762. The molecular formula is C20H28N2. The van der Waals surface area contributed by atoms with E-state index in [1.54, 1.807) is 0 Å². The molecule has 2 rings (SSSR count). The van der Waals surface area contributed by atoms with Gasteiger partial charge >= 0.3 is 0 Å². The molecule has 0 amide bonds. The van der Waals surface area contributed by atoms with Crippen LogP contribution in [-0.4, -0.2) is 49.1 Å². The van der Waals surface area contributed by atoms with Gasteiger partial charge in [0.15, 0.2) is 0 Å². The summed E-state index contributed by atoms with van der Waals surface area (Å²) in [4.78, 5) is 4.98. The fraction of sp³-hybridized carbons (Fsp3) is 0.400. The monoisotopic (exact) mass is 296 g/mol. The number of piperazine rings is 1. The van der Waals surface area contributed by atoms with Gasteiger partial charge < -0.3 is 4.90 Å². The van der Waals surface area contributed by atoms with Crippen molar-refractivity contribution in [3.63, 3.8) is 0 Å². The first kappa shape index (κ1) is 16.7. The molecule has 0 bridgehead atoms. The Balaban J connectivity index is 2.29. The van der Waals surface area contributed by atoms with Crippen LogP contribution in [0, 0.1) is 0 Å². The predicted molar refractivity (Wildman–Crippen MR) is 96.9 cm³/mol. The SMILES string of the molecule is C=C/C=C\C(=C(/C)c1ccccc1)C(C)N1CCN(C)CC1. The number of rotatable bonds is 5. The molecule has 118 valence electrons. The van der Waals surface area contributed by atoms with Crippen LogP contribution in [0.2, 0.25) is 0 Å². The summed E-state index contributed by atoms with van der Waals surface area (Å²) in [5.74, 6) is 0. The fourth-order valence-corrected chi connectivity index (χ4v) is 3.01. The summed E-state index contributed by atoms with van der Waals surface area (Å²) in [6.07, 6.45) is 6.13. The Hall–Kier alpha value is -1.64. The molecule has 22 heavy (non-hydrogen) atoms. The van der Waals surface area contributed by atoms with Crippen LogP contribution >= 0.6 is 0 Å². The lowest BCUT2D eigenvalue weighted by molar-refractivity contribution is 0.133. The number of hydrogen-bond acceptors (Lipinski definition) is 2. The van der Waals surface area contributed by atoms with Crippen molar-refractivity contribution in [2.24, 2.45) is 0 Å². The van der Waals surface area contributed by atoms with Gasteiger partial charge in [0.1, 0.15) is 0 Å². The number of nitrogens with zero attached hydrogens (tertiary/aromatic N) is 2. The van der Waals surface area contributed by atoms with E-state index in [1.165, 1.54) is 16.7 Å². The van der Waals surface area contributed by atoms with E-state index in [0.29, 0.717) is 6.04 Å². The first-order valence-electron chi connectivity index (χ1n) is 8.11. The molecule has 1 aliphatic heterocycles. The Kier molecular flexibility index (Phi) is 6.17. The van der Waals surface area contributed by atoms with Crippen molar-refractivity contribution < 1.29 is 0 Å². The first-order chi connectivity index (χ1) is 10.6. The highest BCUT2D eigenvalue weighted by atomic mass is 15.3. The van der Waals surface area contributed by atoms with E-state index in [4.69, 9.17) is 0 Å². The van der Waals surface area contributed by atoms with Crippen LogP contribution in [0.5, 0.6) is 0 Å². The second-order valence-electron chi connectivity index (χ2n) is 6.06. The van der Waals surface area contributed by atoms with Crippen LogP contribution in [0.3, 0.4) is 0 Å². The van der Waals surface area contributed by atoms with Crippen molar-refractivity contribution in [1.29, 1.82) is 0 Å². The van der Waals surface area contributed by atoms with Gasteiger partial charge in [-0.3, -0.25) is 4.90 Å². The van der Waals surface area contributed by atoms with Crippen LogP contribution in [0.15, 0.2) is 60.7 Å². The Morgan fingerprint density at radius 1 is 1.14 bits per heavy atom. The summed E-state index contributed by atoms with van der Waals surface area (Å²) in [6.45, 7) is 12.9. The molecule has 1 saturated heterocycles. The smallest absolute Gasteiger partial charge is 0.0323 e. The molecular weight excluding hydrogens is 268 g/mol. The second-order valence-corrected chi connectivity index (χ2v) is 6.06. The van der Waals surface area contributed by atoms with Crippen molar-refractivity contribution in [3.8, 4) is 0 Å². The molecule has 0 aliphatic carbocycles. The van der Waals surface area contributed by atoms with Gasteiger partial charge in [0, 0.05) is 32.2 Å². The largest absolute Gasteiger partial charge is 0.304 e. The van der Waals surface area contributed by atoms with Gasteiger partial charge in [-0.05, 0) is 37.6 Å². The minimum Gasteiger partial charge on any atom is -0.304 e. The van der Waals surface area contributed by atoms with Crippen LogP contribution in [-0.2, 0) is 0 Å². The van der Waals surface area contributed by atoms with Gasteiger partial charge in [0.2, 0.25) is 0 Å². The highest BCUT2D eigenvalue weighted by Crippen LogP contribution is 2.25. The van der Waals surface area contributed by atoms with Crippen molar-refractivity contribution in [2.75, 3.05) is 33.2 Å². The summed E-state index contributed by atoms with van der Waals surface area (Å²) in [5, 5.41) is 0. The molecule has 2 nitrogen and oxygen atoms in total. The lowest BCUT2D eigenvalue weighted by Gasteiger charge is -2.37. The van der Waals surface area contributed by atoms with Crippen LogP contribution < -0.4 is 0 Å². The van der Waals surface area contributed by atoms with Crippen molar-refractivity contribution in [2.45, 2.75) is 19.9 Å². The normalized spacial score (nSPS) is 20.0. The molecule has 1 aromatic carbocycles. The number of allylic oxidation sites excluding steroid dienone is 3. The van der Waals surface area contributed by atoms with E-state index < -0.39 is 0 Å². The minimum atomic E-state index is 0.421. The number of benzene rings is 1. The van der Waals surface area contributed by atoms with E-state index >= 15 is 0 Å². The Morgan fingerprint density at radius 2 is 1.77 bits per heavy atom. The van der Waals surface area contributed by atoms with E-state index in [9.17, 15) is 0 Å². The zero-order valence-electron chi connectivity index (χ0n) is 14.1. The Labute approximate surface area is 135 Å². The lowest BCUT2D eigenvalue weighted by Crippen LogP contribution is -2.48. The molecule has 1 unspecified atom stereocenters. The fourth-order valence-electron chi connectivity index (χ4n) is 3.01. The highest BCUT2D eigenvalue weighted by molar-refractivity contribution is 5.70. The third-order valence-electron chi connectivity index (χ3n) is 4.59. The zero-order valence-corrected chi connectivity index (χ0v) is 14.1. The molecule has 1 heterocycles. The minimum absolute atomic E-state index is 0.421. The molecule has 0 aromatic heterocycles. The summed E-state index contributed by atoms with van der Waals surface area (Å²) < 4.78 is 0. The number of likely N-dealkylation sites (N-methyl/N-ethyl adjacent to an activating group) is 1. The molecule has 1 atom stereocenters. The molecule has 0 saturated carbocycles. The summed E-state index contributed by atoms with van der Waals surface area (Å²) >= 11 is 0. The molecule has 1 fully saturated rings. The summed E-state index contributed by atoms with van der Waals surface area (Å²) in [5.41, 5.74) is 4.04. The third-order valence-corrected chi connectivity index (χ3v) is 4.59. The average Bonchev–Trinajstić information content (AvgIpc) is 2.56. The maximum atomic E-state index is 3.82. The average molecular weight is 296 g/mol. The topological polar surface area (TPSA) is 6.48 Å². The van der Waals surface area contributed by atoms with Gasteiger partial charge in [-0.25, -0.2) is 0 Å². The second kappa shape index (κ2) is 8.11. The maximum Gasteiger partial charge on any atom is 0.0323 e. The van der Waals surface area contributed by atoms with Gasteiger partial charge in [-0.2, -0.15) is 0 Å². The summed E-state index contributed by atoms with van der Waals surface area (Å²) in [6, 6.07) is 11.1. The van der Waals surface area contributed by atoms with Crippen LogP contribution in [0.25, 0.3) is 5.57 Å². The van der Waals surface area contributed by atoms with Crippen LogP contribution in [0.1, 0.15) is 19.4 Å². The van der Waals surface area contributed by atoms with Gasteiger partial charge in [0.05, 0.1) is 0 Å². The van der Waals surface area contributed by atoms with E-state index in [-0.39, 0.29) is 0 Å². The van der Waals surface area contributed by atoms with Gasteiger partial charge in [-0.15, -0.1) is 0 Å². The number of hydrogen-bond donors (Lipinski definition) is 0. The lowest BCUT2D eigenvalue weighted by atomic mass is 9.95. The van der Waals surface area contributed by atoms with Crippen molar-refractivity contribution >= 4 is 5.57 Å². The first-order valence-corrected chi connectivity index (χ1v) is 8.11. The molecule has 0 spiro atoms. The Morgan fingerprint density at radius 3 is 2.36 bits per heavy atom. The molecule has 1 aromatic rings. The molecule has 0 radical (unpaired) electrons. The van der Waals surface area contributed by atoms with Gasteiger partial charge in [0.25, 0.3) is 0 Å². The van der Waals surface area contributed by atoms with E-state index in [0.717, 1.165) is 26.2 Å². The van der Waals surface area contributed by atoms with Crippen molar-refractivity contribution in [1.82, 2.24) is 9.80 Å². The van der Waals surface area contributed by atoms with E-state index in [1.807, 2.05) is 12.2 Å². The van der Waals surface area contributed by atoms with Crippen LogP contribution in [0.4, 0.5) is 0 Å². The van der Waals surface area contributed by atoms with Crippen molar-refractivity contribution in [3.05, 3.63) is 66.3 Å².